The van der Waals surface area contributed by atoms with E-state index in [0.29, 0.717) is 49.3 Å². The van der Waals surface area contributed by atoms with E-state index in [0.717, 1.165) is 44.5 Å². The molecule has 1 N–H and O–H groups in total. The summed E-state index contributed by atoms with van der Waals surface area (Å²) in [4.78, 5) is 30.0. The van der Waals surface area contributed by atoms with Crippen LogP contribution in [0.3, 0.4) is 0 Å². The molecule has 1 atom stereocenters. The van der Waals surface area contributed by atoms with Gasteiger partial charge in [0.25, 0.3) is 5.91 Å². The third-order valence-electron chi connectivity index (χ3n) is 7.73. The zero-order valence-corrected chi connectivity index (χ0v) is 21.8. The summed E-state index contributed by atoms with van der Waals surface area (Å²) < 4.78 is 17.4. The Kier molecular flexibility index (Phi) is 7.67. The Morgan fingerprint density at radius 2 is 1.59 bits per heavy atom. The van der Waals surface area contributed by atoms with Gasteiger partial charge >= 0.3 is 6.09 Å². The topological polar surface area (TPSA) is 80.3 Å². The molecule has 0 saturated carbocycles. The molecule has 8 nitrogen and oxygen atoms in total. The summed E-state index contributed by atoms with van der Waals surface area (Å²) >= 11 is 0. The van der Waals surface area contributed by atoms with Gasteiger partial charge in [0, 0.05) is 25.2 Å². The molecule has 8 heteroatoms. The number of amides is 2. The molecule has 0 spiro atoms. The van der Waals surface area contributed by atoms with Gasteiger partial charge in [0.2, 0.25) is 0 Å². The molecule has 198 valence electrons. The molecular formula is C29H37N3O5. The van der Waals surface area contributed by atoms with Crippen LogP contribution in [0.1, 0.15) is 49.0 Å². The highest BCUT2D eigenvalue weighted by Gasteiger charge is 2.34. The Balaban J connectivity index is 1.22. The lowest BCUT2D eigenvalue weighted by Gasteiger charge is -2.31. The number of morpholine rings is 1. The smallest absolute Gasteiger partial charge is 0.408 e. The van der Waals surface area contributed by atoms with Crippen molar-refractivity contribution in [1.82, 2.24) is 15.1 Å². The highest BCUT2D eigenvalue weighted by molar-refractivity contribution is 5.94. The highest BCUT2D eigenvalue weighted by atomic mass is 16.6. The quantitative estimate of drug-likeness (QED) is 0.625. The lowest BCUT2D eigenvalue weighted by atomic mass is 9.92. The maximum atomic E-state index is 12.9. The van der Waals surface area contributed by atoms with E-state index in [9.17, 15) is 9.59 Å². The predicted octanol–water partition coefficient (Wildman–Crippen LogP) is 4.40. The Hall–Kier alpha value is -3.10. The van der Waals surface area contributed by atoms with Gasteiger partial charge in [-0.3, -0.25) is 4.79 Å². The fourth-order valence-electron chi connectivity index (χ4n) is 5.47. The Labute approximate surface area is 218 Å². The first kappa shape index (κ1) is 25.5. The third kappa shape index (κ3) is 6.25. The van der Waals surface area contributed by atoms with Crippen molar-refractivity contribution < 1.29 is 23.8 Å². The first-order chi connectivity index (χ1) is 17.9. The van der Waals surface area contributed by atoms with Crippen LogP contribution in [0.5, 0.6) is 11.5 Å². The number of fused-ring (bicyclic) bond motifs is 4. The van der Waals surface area contributed by atoms with Crippen LogP contribution in [0, 0.1) is 5.92 Å². The molecule has 4 fully saturated rings. The van der Waals surface area contributed by atoms with E-state index >= 15 is 0 Å². The molecular weight excluding hydrogens is 470 g/mol. The van der Waals surface area contributed by atoms with Crippen LogP contribution in [-0.4, -0.2) is 73.8 Å². The number of nitrogens with zero attached hydrogens (tertiary/aromatic N) is 2. The summed E-state index contributed by atoms with van der Waals surface area (Å²) in [5.74, 6) is 1.65. The second kappa shape index (κ2) is 11.1. The molecule has 4 heterocycles. The van der Waals surface area contributed by atoms with Gasteiger partial charge in [-0.15, -0.1) is 0 Å². The highest BCUT2D eigenvalue weighted by Crippen LogP contribution is 2.31. The number of piperidine rings is 1. The maximum Gasteiger partial charge on any atom is 0.408 e. The van der Waals surface area contributed by atoms with Gasteiger partial charge in [-0.2, -0.15) is 0 Å². The number of carbonyl (C=O) groups excluding carboxylic acids is 2. The van der Waals surface area contributed by atoms with E-state index < -0.39 is 5.54 Å². The first-order valence-corrected chi connectivity index (χ1v) is 13.3. The van der Waals surface area contributed by atoms with Crippen molar-refractivity contribution >= 4 is 12.0 Å². The molecule has 37 heavy (non-hydrogen) atoms. The van der Waals surface area contributed by atoms with Gasteiger partial charge in [-0.05, 0) is 88.0 Å². The number of alkyl carbamates (subject to hydrolysis) is 1. The van der Waals surface area contributed by atoms with E-state index in [-0.39, 0.29) is 18.1 Å². The fourth-order valence-corrected chi connectivity index (χ4v) is 5.47. The maximum absolute atomic E-state index is 12.9. The van der Waals surface area contributed by atoms with Gasteiger partial charge in [0.05, 0.1) is 18.8 Å². The second-order valence-corrected chi connectivity index (χ2v) is 10.7. The van der Waals surface area contributed by atoms with E-state index in [2.05, 4.69) is 10.2 Å². The number of benzene rings is 2. The molecule has 0 aromatic heterocycles. The second-order valence-electron chi connectivity index (χ2n) is 10.7. The summed E-state index contributed by atoms with van der Waals surface area (Å²) in [7, 11) is 0. The van der Waals surface area contributed by atoms with Crippen LogP contribution in [0.15, 0.2) is 48.5 Å². The fraction of sp³-hybridized carbons (Fsp3) is 0.517. The average Bonchev–Trinajstić information content (AvgIpc) is 3.22. The number of hydrogen-bond acceptors (Lipinski definition) is 6. The summed E-state index contributed by atoms with van der Waals surface area (Å²) in [6.07, 6.45) is 2.69. The molecule has 2 aromatic carbocycles. The molecule has 2 aromatic rings. The summed E-state index contributed by atoms with van der Waals surface area (Å²) in [6.45, 7) is 9.43. The third-order valence-corrected chi connectivity index (χ3v) is 7.73. The van der Waals surface area contributed by atoms with Gasteiger partial charge in [0.1, 0.15) is 17.6 Å². The van der Waals surface area contributed by atoms with E-state index in [1.807, 2.05) is 50.2 Å². The minimum absolute atomic E-state index is 0.0228. The summed E-state index contributed by atoms with van der Waals surface area (Å²) in [5.41, 5.74) is 0.830. The molecule has 6 rings (SSSR count). The molecule has 0 aliphatic carbocycles. The number of hydrogen-bond donors (Lipinski definition) is 1. The van der Waals surface area contributed by atoms with Crippen molar-refractivity contribution in [3.05, 3.63) is 59.7 Å². The van der Waals surface area contributed by atoms with Gasteiger partial charge in [-0.1, -0.05) is 18.2 Å². The van der Waals surface area contributed by atoms with Crippen LogP contribution in [-0.2, 0) is 15.0 Å². The lowest BCUT2D eigenvalue weighted by Crippen LogP contribution is -2.43. The molecule has 4 saturated heterocycles. The molecule has 4 aliphatic rings. The van der Waals surface area contributed by atoms with Crippen molar-refractivity contribution in [2.75, 3.05) is 45.9 Å². The molecule has 2 amide bonds. The molecule has 4 aliphatic heterocycles. The SMILES string of the molecule is CC(C)(NC(=O)OC1CCN2CCC1CC2)c1cccc(Oc2cccc(C(=O)N3CCOCC3)c2)c1. The lowest BCUT2D eigenvalue weighted by molar-refractivity contribution is 0.0302. The monoisotopic (exact) mass is 507 g/mol. The zero-order valence-electron chi connectivity index (χ0n) is 21.8. The van der Waals surface area contributed by atoms with Crippen molar-refractivity contribution in [2.24, 2.45) is 5.92 Å². The zero-order chi connectivity index (χ0) is 25.8. The predicted molar refractivity (Wildman–Crippen MR) is 140 cm³/mol. The van der Waals surface area contributed by atoms with Crippen LogP contribution >= 0.6 is 0 Å². The van der Waals surface area contributed by atoms with Gasteiger partial charge in [0.15, 0.2) is 0 Å². The van der Waals surface area contributed by atoms with E-state index in [4.69, 9.17) is 14.2 Å². The average molecular weight is 508 g/mol. The Bertz CT molecular complexity index is 1110. The normalized spacial score (nSPS) is 23.7. The minimum atomic E-state index is -0.656. The summed E-state index contributed by atoms with van der Waals surface area (Å²) in [5, 5.41) is 3.06. The number of ether oxygens (including phenoxy) is 3. The van der Waals surface area contributed by atoms with Crippen molar-refractivity contribution in [1.29, 1.82) is 0 Å². The molecule has 2 bridgehead atoms. The van der Waals surface area contributed by atoms with E-state index in [1.54, 1.807) is 17.0 Å². The van der Waals surface area contributed by atoms with Crippen molar-refractivity contribution in [2.45, 2.75) is 44.8 Å². The van der Waals surface area contributed by atoms with Crippen LogP contribution in [0.4, 0.5) is 4.79 Å². The standard InChI is InChI=1S/C29H37N3O5/c1-29(2,30-28(34)37-26-11-14-31-12-9-21(26)10-13-31)23-6-4-8-25(20-23)36-24-7-3-5-22(19-24)27(33)32-15-17-35-18-16-32/h3-8,19-21,26H,9-18H2,1-2H3,(H,30,34). The van der Waals surface area contributed by atoms with E-state index in [1.165, 1.54) is 0 Å². The van der Waals surface area contributed by atoms with Crippen LogP contribution in [0.2, 0.25) is 0 Å². The van der Waals surface area contributed by atoms with Crippen LogP contribution < -0.4 is 10.1 Å². The van der Waals surface area contributed by atoms with Gasteiger partial charge < -0.3 is 29.3 Å². The number of rotatable bonds is 6. The molecule has 1 unspecified atom stereocenters. The first-order valence-electron chi connectivity index (χ1n) is 13.3. The minimum Gasteiger partial charge on any atom is -0.457 e. The Morgan fingerprint density at radius 3 is 2.35 bits per heavy atom. The van der Waals surface area contributed by atoms with Crippen molar-refractivity contribution in [3.8, 4) is 11.5 Å². The number of nitrogens with one attached hydrogen (secondary N) is 1. The van der Waals surface area contributed by atoms with Gasteiger partial charge in [-0.25, -0.2) is 4.79 Å². The van der Waals surface area contributed by atoms with Crippen LogP contribution in [0.25, 0.3) is 0 Å². The molecule has 0 radical (unpaired) electrons. The largest absolute Gasteiger partial charge is 0.457 e. The Morgan fingerprint density at radius 1 is 0.919 bits per heavy atom. The number of carbonyl (C=O) groups is 2. The summed E-state index contributed by atoms with van der Waals surface area (Å²) in [6, 6.07) is 14.9. The van der Waals surface area contributed by atoms with Crippen molar-refractivity contribution in [3.63, 3.8) is 0 Å².